The number of amides is 1. The van der Waals surface area contributed by atoms with E-state index in [9.17, 15) is 4.79 Å². The van der Waals surface area contributed by atoms with Gasteiger partial charge in [-0.3, -0.25) is 4.79 Å². The molecule has 0 spiro atoms. The number of carbonyl (C=O) groups is 1. The molecule has 1 heterocycles. The zero-order chi connectivity index (χ0) is 29.5. The van der Waals surface area contributed by atoms with Gasteiger partial charge in [-0.05, 0) is 35.6 Å². The number of anilines is 1. The number of aryl methyl sites for hydroxylation is 1. The van der Waals surface area contributed by atoms with Crippen LogP contribution in [-0.4, -0.2) is 12.5 Å². The van der Waals surface area contributed by atoms with E-state index in [2.05, 4.69) is 68.2 Å². The first-order valence-corrected chi connectivity index (χ1v) is 16.8. The molecule has 4 nitrogen and oxygen atoms in total. The molecule has 1 aromatic heterocycles. The molecular formula is C36H53BrN2O2S. The van der Waals surface area contributed by atoms with Crippen LogP contribution in [0.15, 0.2) is 54.0 Å². The number of thiazole rings is 1. The molecule has 0 fully saturated rings. The van der Waals surface area contributed by atoms with Crippen molar-refractivity contribution in [3.8, 4) is 5.75 Å². The lowest BCUT2D eigenvalue weighted by molar-refractivity contribution is -0.689. The molecular weight excluding hydrogens is 604 g/mol. The molecule has 42 heavy (non-hydrogen) atoms. The highest BCUT2D eigenvalue weighted by Gasteiger charge is 2.20. The van der Waals surface area contributed by atoms with Gasteiger partial charge in [-0.25, -0.2) is 0 Å². The summed E-state index contributed by atoms with van der Waals surface area (Å²) in [6.45, 7) is 12.5. The summed E-state index contributed by atoms with van der Waals surface area (Å²) in [7, 11) is 0. The topological polar surface area (TPSA) is 42.2 Å². The quantitative estimate of drug-likeness (QED) is 0.118. The maximum atomic E-state index is 13.2. The third-order valence-corrected chi connectivity index (χ3v) is 8.56. The number of unbranched alkanes of at least 4 members (excludes halogenated alkanes) is 11. The van der Waals surface area contributed by atoms with Gasteiger partial charge in [-0.1, -0.05) is 128 Å². The number of halogens is 1. The van der Waals surface area contributed by atoms with Gasteiger partial charge < -0.3 is 27.0 Å². The Bertz CT molecular complexity index is 1200. The average molecular weight is 658 g/mol. The van der Waals surface area contributed by atoms with Gasteiger partial charge in [-0.2, -0.15) is 4.57 Å². The standard InChI is InChI=1S/C36H52N2O2S.BrH/c1-6-7-8-9-10-11-12-13-14-15-16-17-24-40-34-27-32(21-22-33(34)36(3,4)5)37-35(39)31-20-18-19-30(26-31)28-38-23-25-41-29(38)2;/h18-23,25-27H,6-17,24,28H2,1-5H3;1H. The monoisotopic (exact) mass is 656 g/mol. The highest BCUT2D eigenvalue weighted by atomic mass is 79.9. The van der Waals surface area contributed by atoms with E-state index in [4.69, 9.17) is 4.74 Å². The van der Waals surface area contributed by atoms with Crippen LogP contribution in [0.2, 0.25) is 0 Å². The first-order valence-electron chi connectivity index (χ1n) is 15.9. The van der Waals surface area contributed by atoms with Crippen LogP contribution in [0.4, 0.5) is 5.69 Å². The molecule has 1 amide bonds. The molecule has 3 aromatic rings. The molecule has 0 saturated heterocycles. The smallest absolute Gasteiger partial charge is 0.255 e. The second-order valence-electron chi connectivity index (χ2n) is 12.4. The Balaban J connectivity index is 0.00000616. The minimum Gasteiger partial charge on any atom is -1.00 e. The maximum absolute atomic E-state index is 13.2. The molecule has 232 valence electrons. The summed E-state index contributed by atoms with van der Waals surface area (Å²) >= 11 is 1.73. The van der Waals surface area contributed by atoms with Crippen LogP contribution in [0.25, 0.3) is 0 Å². The number of ether oxygens (including phenoxy) is 1. The molecule has 0 bridgehead atoms. The summed E-state index contributed by atoms with van der Waals surface area (Å²) in [6.07, 6.45) is 18.1. The van der Waals surface area contributed by atoms with Crippen molar-refractivity contribution < 1.29 is 31.1 Å². The van der Waals surface area contributed by atoms with Gasteiger partial charge in [0, 0.05) is 29.8 Å². The fourth-order valence-electron chi connectivity index (χ4n) is 5.21. The van der Waals surface area contributed by atoms with E-state index < -0.39 is 0 Å². The lowest BCUT2D eigenvalue weighted by atomic mass is 9.86. The molecule has 0 atom stereocenters. The number of aromatic nitrogens is 1. The summed E-state index contributed by atoms with van der Waals surface area (Å²) in [5, 5.41) is 6.43. The van der Waals surface area contributed by atoms with E-state index in [0.717, 1.165) is 30.0 Å². The van der Waals surface area contributed by atoms with Crippen LogP contribution < -0.4 is 31.6 Å². The molecule has 0 aliphatic heterocycles. The van der Waals surface area contributed by atoms with E-state index in [1.807, 2.05) is 30.3 Å². The van der Waals surface area contributed by atoms with Crippen LogP contribution in [0.1, 0.15) is 131 Å². The van der Waals surface area contributed by atoms with Crippen molar-refractivity contribution in [2.24, 2.45) is 0 Å². The Morgan fingerprint density at radius 1 is 0.881 bits per heavy atom. The molecule has 2 aromatic carbocycles. The van der Waals surface area contributed by atoms with Crippen molar-refractivity contribution in [3.05, 3.63) is 75.7 Å². The first kappa shape index (κ1) is 36.0. The van der Waals surface area contributed by atoms with Crippen molar-refractivity contribution >= 4 is 22.9 Å². The second-order valence-corrected chi connectivity index (χ2v) is 13.5. The summed E-state index contributed by atoms with van der Waals surface area (Å²) in [6, 6.07) is 14.0. The summed E-state index contributed by atoms with van der Waals surface area (Å²) in [4.78, 5) is 13.2. The Labute approximate surface area is 270 Å². The van der Waals surface area contributed by atoms with Gasteiger partial charge >= 0.3 is 0 Å². The Morgan fingerprint density at radius 3 is 2.12 bits per heavy atom. The predicted octanol–water partition coefficient (Wildman–Crippen LogP) is 7.03. The SMILES string of the molecule is CCCCCCCCCCCCCCOc1cc(NC(=O)c2cccc(C[n+]3ccsc3C)c2)ccc1C(C)(C)C.[Br-]. The van der Waals surface area contributed by atoms with E-state index in [1.54, 1.807) is 11.3 Å². The molecule has 0 aliphatic rings. The third kappa shape index (κ3) is 12.6. The minimum absolute atomic E-state index is 0. The lowest BCUT2D eigenvalue weighted by Gasteiger charge is -2.23. The zero-order valence-electron chi connectivity index (χ0n) is 26.6. The molecule has 0 saturated carbocycles. The highest BCUT2D eigenvalue weighted by molar-refractivity contribution is 7.09. The number of rotatable bonds is 18. The molecule has 0 unspecified atom stereocenters. The number of benzene rings is 2. The molecule has 6 heteroatoms. The maximum Gasteiger partial charge on any atom is 0.255 e. The molecule has 0 radical (unpaired) electrons. The average Bonchev–Trinajstić information content (AvgIpc) is 3.34. The molecule has 1 N–H and O–H groups in total. The van der Waals surface area contributed by atoms with Gasteiger partial charge in [0.15, 0.2) is 12.7 Å². The van der Waals surface area contributed by atoms with Gasteiger partial charge in [0.25, 0.3) is 5.91 Å². The van der Waals surface area contributed by atoms with Gasteiger partial charge in [-0.15, -0.1) is 0 Å². The summed E-state index contributed by atoms with van der Waals surface area (Å²) < 4.78 is 8.52. The van der Waals surface area contributed by atoms with Crippen molar-refractivity contribution in [2.45, 2.75) is 124 Å². The van der Waals surface area contributed by atoms with Crippen molar-refractivity contribution in [3.63, 3.8) is 0 Å². The van der Waals surface area contributed by atoms with E-state index in [1.165, 1.54) is 81.2 Å². The summed E-state index contributed by atoms with van der Waals surface area (Å²) in [5.74, 6) is 0.769. The largest absolute Gasteiger partial charge is 1.00 e. The Hall–Kier alpha value is -2.18. The van der Waals surface area contributed by atoms with Crippen LogP contribution in [0, 0.1) is 6.92 Å². The van der Waals surface area contributed by atoms with Gasteiger partial charge in [0.2, 0.25) is 5.01 Å². The zero-order valence-corrected chi connectivity index (χ0v) is 29.0. The lowest BCUT2D eigenvalue weighted by Crippen LogP contribution is -3.00. The van der Waals surface area contributed by atoms with Gasteiger partial charge in [0.1, 0.15) is 5.75 Å². The molecule has 3 rings (SSSR count). The predicted molar refractivity (Wildman–Crippen MR) is 174 cm³/mol. The fourth-order valence-corrected chi connectivity index (χ4v) is 5.88. The van der Waals surface area contributed by atoms with Crippen molar-refractivity contribution in [1.82, 2.24) is 0 Å². The van der Waals surface area contributed by atoms with Crippen LogP contribution in [0.3, 0.4) is 0 Å². The minimum atomic E-state index is -0.102. The van der Waals surface area contributed by atoms with Crippen LogP contribution in [-0.2, 0) is 12.0 Å². The second kappa shape index (κ2) is 19.2. The fraction of sp³-hybridized carbons (Fsp3) is 0.556. The Morgan fingerprint density at radius 2 is 1.52 bits per heavy atom. The number of hydrogen-bond donors (Lipinski definition) is 1. The number of carbonyl (C=O) groups excluding carboxylic acids is 1. The van der Waals surface area contributed by atoms with E-state index >= 15 is 0 Å². The van der Waals surface area contributed by atoms with E-state index in [-0.39, 0.29) is 28.3 Å². The van der Waals surface area contributed by atoms with Crippen LogP contribution >= 0.6 is 11.3 Å². The number of hydrogen-bond acceptors (Lipinski definition) is 3. The van der Waals surface area contributed by atoms with Crippen LogP contribution in [0.5, 0.6) is 5.75 Å². The number of nitrogens with one attached hydrogen (secondary N) is 1. The Kier molecular flexibility index (Phi) is 16.4. The third-order valence-electron chi connectivity index (χ3n) is 7.73. The van der Waals surface area contributed by atoms with E-state index in [0.29, 0.717) is 12.2 Å². The van der Waals surface area contributed by atoms with Crippen molar-refractivity contribution in [1.29, 1.82) is 0 Å². The number of nitrogens with zero attached hydrogens (tertiary/aromatic N) is 1. The first-order chi connectivity index (χ1) is 19.8. The van der Waals surface area contributed by atoms with Crippen molar-refractivity contribution in [2.75, 3.05) is 11.9 Å². The molecule has 0 aliphatic carbocycles. The highest BCUT2D eigenvalue weighted by Crippen LogP contribution is 2.34. The summed E-state index contributed by atoms with van der Waals surface area (Å²) in [5.41, 5.74) is 3.66. The normalized spacial score (nSPS) is 11.3. The van der Waals surface area contributed by atoms with Gasteiger partial charge in [0.05, 0.1) is 12.0 Å².